The van der Waals surface area contributed by atoms with E-state index in [1.807, 2.05) is 91.0 Å². The van der Waals surface area contributed by atoms with Crippen LogP contribution in [0.1, 0.15) is 23.6 Å². The van der Waals surface area contributed by atoms with Gasteiger partial charge >= 0.3 is 0 Å². The van der Waals surface area contributed by atoms with Crippen molar-refractivity contribution in [2.24, 2.45) is 0 Å². The van der Waals surface area contributed by atoms with Crippen LogP contribution in [0.3, 0.4) is 0 Å². The lowest BCUT2D eigenvalue weighted by Crippen LogP contribution is -2.34. The van der Waals surface area contributed by atoms with E-state index in [1.54, 1.807) is 6.92 Å². The summed E-state index contributed by atoms with van der Waals surface area (Å²) < 4.78 is 35.3. The second kappa shape index (κ2) is 9.15. The third-order valence-electron chi connectivity index (χ3n) is 4.49. The van der Waals surface area contributed by atoms with Crippen LogP contribution in [-0.4, -0.2) is 27.4 Å². The molecule has 0 fully saturated rings. The smallest absolute Gasteiger partial charge is 0.269 e. The van der Waals surface area contributed by atoms with E-state index in [2.05, 4.69) is 0 Å². The van der Waals surface area contributed by atoms with Crippen LogP contribution in [0.2, 0.25) is 0 Å². The first-order valence-corrected chi connectivity index (χ1v) is 10.8. The fourth-order valence-electron chi connectivity index (χ4n) is 3.30. The molecule has 0 unspecified atom stereocenters. The van der Waals surface area contributed by atoms with Crippen molar-refractivity contribution in [3.63, 3.8) is 0 Å². The van der Waals surface area contributed by atoms with E-state index >= 15 is 0 Å². The summed E-state index contributed by atoms with van der Waals surface area (Å²) in [5, 5.41) is 0. The molecule has 0 aliphatic heterocycles. The van der Waals surface area contributed by atoms with E-state index in [1.165, 1.54) is 0 Å². The molecular weight excluding hydrogens is 372 g/mol. The number of benzene rings is 3. The average Bonchev–Trinajstić information content (AvgIpc) is 2.73. The molecule has 0 saturated carbocycles. The van der Waals surface area contributed by atoms with E-state index in [-0.39, 0.29) is 19.0 Å². The molecule has 0 aromatic heterocycles. The van der Waals surface area contributed by atoms with Crippen molar-refractivity contribution < 1.29 is 17.3 Å². The Labute approximate surface area is 166 Å². The molecule has 0 heterocycles. The normalized spacial score (nSPS) is 12.0. The summed E-state index contributed by atoms with van der Waals surface area (Å²) in [5.74, 6) is -0.213. The molecule has 3 aromatic rings. The maximum atomic E-state index is 12.0. The molecule has 0 atom stereocenters. The summed E-state index contributed by atoms with van der Waals surface area (Å²) in [7, 11) is -3.63. The van der Waals surface area contributed by atoms with Gasteiger partial charge in [-0.2, -0.15) is 8.42 Å². The highest BCUT2D eigenvalue weighted by molar-refractivity contribution is 7.86. The lowest BCUT2D eigenvalue weighted by atomic mass is 9.80. The SMILES string of the molecule is CCOS(=O)(=O)CCOC(c1ccccc1)(c1ccccc1)c1ccccc1. The summed E-state index contributed by atoms with van der Waals surface area (Å²) in [5.41, 5.74) is 1.87. The van der Waals surface area contributed by atoms with Gasteiger partial charge in [0, 0.05) is 0 Å². The van der Waals surface area contributed by atoms with Gasteiger partial charge in [-0.25, -0.2) is 0 Å². The van der Waals surface area contributed by atoms with Crippen molar-refractivity contribution in [1.29, 1.82) is 0 Å². The fraction of sp³-hybridized carbons (Fsp3) is 0.217. The Kier molecular flexibility index (Phi) is 6.62. The predicted octanol–water partition coefficient (Wildman–Crippen LogP) is 4.36. The van der Waals surface area contributed by atoms with E-state index in [4.69, 9.17) is 8.92 Å². The zero-order chi connectivity index (χ0) is 19.9. The number of rotatable bonds is 9. The summed E-state index contributed by atoms with van der Waals surface area (Å²) in [4.78, 5) is 0. The van der Waals surface area contributed by atoms with Crippen molar-refractivity contribution in [2.45, 2.75) is 12.5 Å². The monoisotopic (exact) mass is 396 g/mol. The van der Waals surface area contributed by atoms with Crippen LogP contribution in [0, 0.1) is 0 Å². The third-order valence-corrected chi connectivity index (χ3v) is 5.75. The first-order chi connectivity index (χ1) is 13.6. The molecule has 5 heteroatoms. The quantitative estimate of drug-likeness (QED) is 0.398. The van der Waals surface area contributed by atoms with Gasteiger partial charge in [0.25, 0.3) is 10.1 Å². The van der Waals surface area contributed by atoms with Gasteiger partial charge in [-0.3, -0.25) is 4.18 Å². The largest absolute Gasteiger partial charge is 0.360 e. The predicted molar refractivity (Wildman–Crippen MR) is 111 cm³/mol. The molecule has 0 saturated heterocycles. The van der Waals surface area contributed by atoms with Gasteiger partial charge in [-0.1, -0.05) is 91.0 Å². The molecule has 4 nitrogen and oxygen atoms in total. The highest BCUT2D eigenvalue weighted by Crippen LogP contribution is 2.40. The molecule has 0 bridgehead atoms. The lowest BCUT2D eigenvalue weighted by Gasteiger charge is -2.36. The highest BCUT2D eigenvalue weighted by atomic mass is 32.2. The molecule has 0 spiro atoms. The van der Waals surface area contributed by atoms with E-state index in [0.717, 1.165) is 16.7 Å². The maximum absolute atomic E-state index is 12.0. The van der Waals surface area contributed by atoms with Crippen LogP contribution in [-0.2, 0) is 24.6 Å². The molecule has 0 aliphatic rings. The highest BCUT2D eigenvalue weighted by Gasteiger charge is 2.37. The Morgan fingerprint density at radius 3 is 1.46 bits per heavy atom. The zero-order valence-corrected chi connectivity index (χ0v) is 16.6. The first-order valence-electron chi connectivity index (χ1n) is 9.26. The third kappa shape index (κ3) is 4.50. The van der Waals surface area contributed by atoms with E-state index < -0.39 is 15.7 Å². The van der Waals surface area contributed by atoms with E-state index in [0.29, 0.717) is 0 Å². The molecule has 146 valence electrons. The van der Waals surface area contributed by atoms with E-state index in [9.17, 15) is 8.42 Å². The van der Waals surface area contributed by atoms with Gasteiger partial charge < -0.3 is 4.74 Å². The van der Waals surface area contributed by atoms with Crippen LogP contribution >= 0.6 is 0 Å². The van der Waals surface area contributed by atoms with Gasteiger partial charge in [0.1, 0.15) is 5.60 Å². The summed E-state index contributed by atoms with van der Waals surface area (Å²) in [6.45, 7) is 1.77. The molecule has 0 radical (unpaired) electrons. The van der Waals surface area contributed by atoms with Crippen LogP contribution in [0.15, 0.2) is 91.0 Å². The standard InChI is InChI=1S/C23H24O4S/c1-2-27-28(24,25)19-18-26-23(20-12-6-3-7-13-20,21-14-8-4-9-15-21)22-16-10-5-11-17-22/h3-17H,2,18-19H2,1H3. The van der Waals surface area contributed by atoms with Crippen LogP contribution in [0.25, 0.3) is 0 Å². The number of hydrogen-bond donors (Lipinski definition) is 0. The van der Waals surface area contributed by atoms with Crippen molar-refractivity contribution in [2.75, 3.05) is 19.0 Å². The van der Waals surface area contributed by atoms with Crippen molar-refractivity contribution in [3.8, 4) is 0 Å². The fourth-order valence-corrected chi connectivity index (χ4v) is 4.07. The zero-order valence-electron chi connectivity index (χ0n) is 15.8. The summed E-state index contributed by atoms with van der Waals surface area (Å²) >= 11 is 0. The molecule has 28 heavy (non-hydrogen) atoms. The summed E-state index contributed by atoms with van der Waals surface area (Å²) in [6.07, 6.45) is 0. The first kappa shape index (κ1) is 20.3. The second-order valence-corrected chi connectivity index (χ2v) is 8.06. The Bertz CT molecular complexity index is 859. The Hall–Kier alpha value is -2.47. The second-order valence-electron chi connectivity index (χ2n) is 6.30. The van der Waals surface area contributed by atoms with Crippen LogP contribution in [0.5, 0.6) is 0 Å². The minimum atomic E-state index is -3.63. The molecular formula is C23H24O4S. The lowest BCUT2D eigenvalue weighted by molar-refractivity contribution is 0.0220. The van der Waals surface area contributed by atoms with Gasteiger partial charge in [0.2, 0.25) is 0 Å². The minimum absolute atomic E-state index is 0.00101. The molecule has 3 aromatic carbocycles. The van der Waals surface area contributed by atoms with Crippen molar-refractivity contribution in [3.05, 3.63) is 108 Å². The topological polar surface area (TPSA) is 52.6 Å². The van der Waals surface area contributed by atoms with Gasteiger partial charge in [0.05, 0.1) is 19.0 Å². The van der Waals surface area contributed by atoms with Gasteiger partial charge in [-0.05, 0) is 23.6 Å². The average molecular weight is 397 g/mol. The maximum Gasteiger partial charge on any atom is 0.269 e. The van der Waals surface area contributed by atoms with Crippen molar-refractivity contribution >= 4 is 10.1 Å². The van der Waals surface area contributed by atoms with Gasteiger partial charge in [-0.15, -0.1) is 0 Å². The Balaban J connectivity index is 2.09. The van der Waals surface area contributed by atoms with Crippen LogP contribution in [0.4, 0.5) is 0 Å². The number of hydrogen-bond acceptors (Lipinski definition) is 4. The van der Waals surface area contributed by atoms with Gasteiger partial charge in [0.15, 0.2) is 0 Å². The Morgan fingerprint density at radius 2 is 1.11 bits per heavy atom. The molecule has 0 aliphatic carbocycles. The molecule has 0 amide bonds. The molecule has 3 rings (SSSR count). The minimum Gasteiger partial charge on any atom is -0.360 e. The van der Waals surface area contributed by atoms with Crippen LogP contribution < -0.4 is 0 Å². The number of ether oxygens (including phenoxy) is 1. The Morgan fingerprint density at radius 1 is 0.714 bits per heavy atom. The molecule has 0 N–H and O–H groups in total. The van der Waals surface area contributed by atoms with Crippen molar-refractivity contribution in [1.82, 2.24) is 0 Å². The summed E-state index contributed by atoms with van der Waals surface area (Å²) in [6, 6.07) is 29.6.